The maximum absolute atomic E-state index is 16.4. The van der Waals surface area contributed by atoms with Crippen molar-refractivity contribution in [3.05, 3.63) is 42.1 Å². The van der Waals surface area contributed by atoms with Crippen molar-refractivity contribution >= 4 is 69.6 Å². The number of pyridine rings is 1. The number of aromatic nitrogens is 5. The van der Waals surface area contributed by atoms with E-state index in [4.69, 9.17) is 47.5 Å². The molecule has 0 aliphatic carbocycles. The van der Waals surface area contributed by atoms with E-state index >= 15 is 4.39 Å². The number of rotatable bonds is 2. The summed E-state index contributed by atoms with van der Waals surface area (Å²) in [6.07, 6.45) is -4.75. The smallest absolute Gasteiger partial charge is 0.264 e. The number of ether oxygens (including phenoxy) is 2. The van der Waals surface area contributed by atoms with Crippen molar-refractivity contribution in [3.8, 4) is 0 Å². The fourth-order valence-corrected chi connectivity index (χ4v) is 9.27. The zero-order chi connectivity index (χ0) is 35.2. The number of anilines is 2. The molecule has 23 heteroatoms. The Kier molecular flexibility index (Phi) is 8.20. The third-order valence-corrected chi connectivity index (χ3v) is 11.6. The number of aliphatic hydroxyl groups excluding tert-OH is 1. The van der Waals surface area contributed by atoms with Crippen molar-refractivity contribution in [1.29, 1.82) is 0 Å². The van der Waals surface area contributed by atoms with E-state index in [0.29, 0.717) is 58.6 Å². The number of aliphatic hydroxyl groups is 1. The molecule has 9 rings (SSSR count). The topological polar surface area (TPSA) is 209 Å². The van der Waals surface area contributed by atoms with Crippen LogP contribution < -0.4 is 10.8 Å². The molecule has 4 aromatic heterocycles. The van der Waals surface area contributed by atoms with Gasteiger partial charge in [-0.2, -0.15) is 0 Å². The summed E-state index contributed by atoms with van der Waals surface area (Å²) in [4.78, 5) is 30.5. The highest BCUT2D eigenvalue weighted by Gasteiger charge is 2.53. The molecule has 4 radical (unpaired) electrons. The maximum atomic E-state index is 16.4. The molecule has 5 aliphatic heterocycles. The fraction of sp³-hybridized carbons (Fsp3) is 0.500. The predicted octanol–water partition coefficient (Wildman–Crippen LogP) is 2.13. The largest absolute Gasteiger partial charge is 0.386 e. The Bertz CT molecular complexity index is 2160. The Labute approximate surface area is 290 Å². The molecular weight excluding hydrogens is 713 g/mol. The number of fused-ring (bicyclic) bond motifs is 2. The summed E-state index contributed by atoms with van der Waals surface area (Å²) in [7, 11) is 2.91. The average molecular weight is 741 g/mol. The lowest BCUT2D eigenvalue weighted by molar-refractivity contribution is -0.116. The Morgan fingerprint density at radius 1 is 0.882 bits per heavy atom. The summed E-state index contributed by atoms with van der Waals surface area (Å²) in [6, 6.07) is 1.72. The van der Waals surface area contributed by atoms with Gasteiger partial charge in [0.05, 0.1) is 30.9 Å². The van der Waals surface area contributed by atoms with E-state index in [0.717, 1.165) is 5.56 Å². The van der Waals surface area contributed by atoms with E-state index in [1.54, 1.807) is 18.5 Å². The van der Waals surface area contributed by atoms with Crippen LogP contribution >= 0.6 is 14.9 Å². The van der Waals surface area contributed by atoms with Gasteiger partial charge in [0, 0.05) is 36.8 Å². The second kappa shape index (κ2) is 12.4. The van der Waals surface area contributed by atoms with Gasteiger partial charge >= 0.3 is 0 Å². The van der Waals surface area contributed by atoms with Crippen molar-refractivity contribution < 1.29 is 55.8 Å². The van der Waals surface area contributed by atoms with Crippen molar-refractivity contribution in [1.82, 2.24) is 24.1 Å². The van der Waals surface area contributed by atoms with Crippen LogP contribution in [0.5, 0.6) is 0 Å². The molecule has 3 saturated heterocycles. The van der Waals surface area contributed by atoms with E-state index in [9.17, 15) is 19.0 Å². The van der Waals surface area contributed by atoms with Crippen LogP contribution in [0.25, 0.3) is 22.1 Å². The van der Waals surface area contributed by atoms with Crippen LogP contribution in [-0.4, -0.2) is 107 Å². The molecule has 5 aliphatic rings. The first kappa shape index (κ1) is 33.6. The number of carbonyl (C=O) groups is 1. The minimum absolute atomic E-state index is 0.186. The summed E-state index contributed by atoms with van der Waals surface area (Å²) < 4.78 is 81.0. The summed E-state index contributed by atoms with van der Waals surface area (Å²) in [5.41, 5.74) is 5.73. The number of alkyl halides is 1. The van der Waals surface area contributed by atoms with E-state index in [2.05, 4.69) is 25.7 Å². The number of carbonyl (C=O) groups excluding carboxylic acids is 1. The molecule has 10 atom stereocenters. The molecular formula is C28H28B2FN7O11P2. The molecule has 0 saturated carbocycles. The number of nitrogens with zero attached hydrogens (tertiary/aromatic N) is 5. The van der Waals surface area contributed by atoms with Crippen LogP contribution in [0.2, 0.25) is 0 Å². The Morgan fingerprint density at radius 3 is 2.33 bits per heavy atom. The minimum atomic E-state index is -4.57. The van der Waals surface area contributed by atoms with Crippen molar-refractivity contribution in [2.24, 2.45) is 0 Å². The number of hydrogen-bond acceptors (Lipinski definition) is 15. The van der Waals surface area contributed by atoms with Gasteiger partial charge in [0.1, 0.15) is 54.0 Å². The minimum Gasteiger partial charge on any atom is -0.386 e. The lowest BCUT2D eigenvalue weighted by Crippen LogP contribution is -2.38. The van der Waals surface area contributed by atoms with Crippen molar-refractivity contribution in [2.45, 2.75) is 68.4 Å². The standard InChI is InChI=1S/C28H28B2FN7O11P2/c29-50(41)45-10-16-23(21(40)28(47-16)38-7-12-1-2-17(39)35-24-19(12)26(38)34-11-33-24)49-51(30,42)44-9-15-22(48-50)20(31)27(46-15)37-8-13-4-6-43-36-14-3-5-32-25(37)18(13)14/h3,5,7-8,11,15-16,20-23,27-28,36,40H,1-2,4,6,9-10H2,(H,33,34,35,39)/t15-,16-,20+,21?,22?,23+,27-,28-,50?,51?/m1/s1. The quantitative estimate of drug-likeness (QED) is 0.199. The van der Waals surface area contributed by atoms with Gasteiger partial charge in [-0.05, 0) is 23.6 Å². The Balaban J connectivity index is 1.00. The molecule has 264 valence electrons. The second-order valence-electron chi connectivity index (χ2n) is 12.7. The first-order valence-electron chi connectivity index (χ1n) is 16.0. The molecule has 9 heterocycles. The van der Waals surface area contributed by atoms with Crippen molar-refractivity contribution in [3.63, 3.8) is 0 Å². The van der Waals surface area contributed by atoms with Crippen LogP contribution in [0.3, 0.4) is 0 Å². The first-order valence-corrected chi connectivity index (χ1v) is 19.3. The normalized spacial score (nSPS) is 37.0. The number of nitrogens with one attached hydrogen (secondary N) is 2. The number of aryl methyl sites for hydroxylation is 1. The molecule has 3 fully saturated rings. The molecule has 51 heavy (non-hydrogen) atoms. The molecule has 1 amide bonds. The second-order valence-corrected chi connectivity index (χ2v) is 15.8. The van der Waals surface area contributed by atoms with Gasteiger partial charge in [-0.1, -0.05) is 0 Å². The van der Waals surface area contributed by atoms with E-state index in [1.165, 1.54) is 21.7 Å². The van der Waals surface area contributed by atoms with Gasteiger partial charge in [0.2, 0.25) is 21.0 Å². The lowest BCUT2D eigenvalue weighted by atomic mass is 10.1. The van der Waals surface area contributed by atoms with Crippen molar-refractivity contribution in [2.75, 3.05) is 30.6 Å². The third kappa shape index (κ3) is 5.84. The molecule has 0 bridgehead atoms. The van der Waals surface area contributed by atoms with Gasteiger partial charge in [-0.15, -0.1) is 0 Å². The zero-order valence-electron chi connectivity index (χ0n) is 26.4. The van der Waals surface area contributed by atoms with Crippen LogP contribution in [0, 0.1) is 0 Å². The summed E-state index contributed by atoms with van der Waals surface area (Å²) in [5, 5.41) is 15.5. The molecule has 0 spiro atoms. The van der Waals surface area contributed by atoms with Gasteiger partial charge in [0.15, 0.2) is 18.6 Å². The number of hydrogen-bond donors (Lipinski definition) is 3. The lowest BCUT2D eigenvalue weighted by Gasteiger charge is -2.30. The monoisotopic (exact) mass is 741 g/mol. The summed E-state index contributed by atoms with van der Waals surface area (Å²) in [6.45, 7) is -0.927. The van der Waals surface area contributed by atoms with Gasteiger partial charge < -0.3 is 47.1 Å². The highest BCUT2D eigenvalue weighted by atomic mass is 31.2. The average Bonchev–Trinajstić information content (AvgIpc) is 3.74. The van der Waals surface area contributed by atoms with E-state index < -0.39 is 77.3 Å². The third-order valence-electron chi connectivity index (χ3n) is 9.51. The molecule has 4 aromatic rings. The van der Waals surface area contributed by atoms with Gasteiger partial charge in [-0.25, -0.2) is 19.3 Å². The van der Waals surface area contributed by atoms with E-state index in [-0.39, 0.29) is 12.3 Å². The van der Waals surface area contributed by atoms with Crippen LogP contribution in [-0.2, 0) is 59.2 Å². The highest BCUT2D eigenvalue weighted by Crippen LogP contribution is 2.54. The molecule has 3 N–H and O–H groups in total. The molecule has 4 unspecified atom stereocenters. The highest BCUT2D eigenvalue weighted by molar-refractivity contribution is 7.79. The Morgan fingerprint density at radius 2 is 1.55 bits per heavy atom. The van der Waals surface area contributed by atoms with Crippen LogP contribution in [0.15, 0.2) is 31.0 Å². The Hall–Kier alpha value is -3.22. The molecule has 0 aromatic carbocycles. The maximum Gasteiger partial charge on any atom is 0.264 e. The summed E-state index contributed by atoms with van der Waals surface area (Å²) >= 11 is 0. The van der Waals surface area contributed by atoms with Crippen LogP contribution in [0.4, 0.5) is 15.9 Å². The first-order chi connectivity index (χ1) is 24.5. The predicted molar refractivity (Wildman–Crippen MR) is 175 cm³/mol. The number of amides is 1. The van der Waals surface area contributed by atoms with Gasteiger partial charge in [0.25, 0.3) is 14.9 Å². The van der Waals surface area contributed by atoms with E-state index in [1.807, 2.05) is 0 Å². The SMILES string of the molecule is [B]P1(=O)OC[C@H]2O[C@@H](n3cc4c5c(ncnc53)NC(=O)CC4)C(O)[C@H]2OP([B])(=O)OC[C@H]2O[C@@H](n3cc4c5c(ccnc53)NOCC4)[C@@H](F)C2O1. The summed E-state index contributed by atoms with van der Waals surface area (Å²) in [5.74, 6) is 0.0836. The molecule has 18 nitrogen and oxygen atoms in total. The zero-order valence-corrected chi connectivity index (χ0v) is 28.2. The van der Waals surface area contributed by atoms with Gasteiger partial charge in [-0.3, -0.25) is 24.2 Å². The van der Waals surface area contributed by atoms with Crippen LogP contribution in [0.1, 0.15) is 30.0 Å². The fourth-order valence-electron chi connectivity index (χ4n) is 7.24. The number of halogens is 1.